The van der Waals surface area contributed by atoms with E-state index in [1.54, 1.807) is 0 Å². The van der Waals surface area contributed by atoms with Crippen molar-refractivity contribution in [2.45, 2.75) is 108 Å². The minimum absolute atomic E-state index is 0.110. The Hall–Kier alpha value is -0.570. The highest BCUT2D eigenvalue weighted by atomic mass is 19.4. The Morgan fingerprint density at radius 2 is 1.68 bits per heavy atom. The number of nitrogens with one attached hydrogen (secondary N) is 5. The average Bonchev–Trinajstić information content (AvgIpc) is 3.31. The highest BCUT2D eigenvalue weighted by Gasteiger charge is 2.40. The van der Waals surface area contributed by atoms with E-state index in [0.29, 0.717) is 18.8 Å². The molecule has 5 aliphatic rings. The summed E-state index contributed by atoms with van der Waals surface area (Å²) < 4.78 is 49.6. The summed E-state index contributed by atoms with van der Waals surface area (Å²) in [5, 5.41) is 17.0. The van der Waals surface area contributed by atoms with Crippen LogP contribution >= 0.6 is 0 Å². The van der Waals surface area contributed by atoms with E-state index in [1.165, 1.54) is 32.1 Å². The third-order valence-electron chi connectivity index (χ3n) is 8.94. The Kier molecular flexibility index (Phi) is 9.30. The van der Waals surface area contributed by atoms with Crippen molar-refractivity contribution in [2.24, 2.45) is 11.8 Å². The summed E-state index contributed by atoms with van der Waals surface area (Å²) in [6, 6.07) is 0.637. The second-order valence-electron chi connectivity index (χ2n) is 11.7. The summed E-state index contributed by atoms with van der Waals surface area (Å²) in [4.78, 5) is 4.82. The van der Waals surface area contributed by atoms with E-state index in [4.69, 9.17) is 9.47 Å². The topological polar surface area (TPSA) is 85.1 Å². The molecule has 0 spiro atoms. The van der Waals surface area contributed by atoms with Crippen molar-refractivity contribution < 1.29 is 22.6 Å². The Morgan fingerprint density at radius 3 is 2.41 bits per heavy atom. The summed E-state index contributed by atoms with van der Waals surface area (Å²) in [6.45, 7) is 7.30. The predicted octanol–water partition coefficient (Wildman–Crippen LogP) is 1.49. The number of piperidine rings is 1. The molecule has 0 bridgehead atoms. The van der Waals surface area contributed by atoms with Gasteiger partial charge in [-0.2, -0.15) is 13.2 Å². The van der Waals surface area contributed by atoms with Crippen molar-refractivity contribution >= 4 is 0 Å². The van der Waals surface area contributed by atoms with Gasteiger partial charge in [-0.15, -0.1) is 0 Å². The van der Waals surface area contributed by atoms with Crippen LogP contribution < -0.4 is 26.6 Å². The van der Waals surface area contributed by atoms with Crippen LogP contribution in [0, 0.1) is 11.8 Å². The maximum Gasteiger partial charge on any atom is 0.411 e. The first-order valence-electron chi connectivity index (χ1n) is 14.3. The lowest BCUT2D eigenvalue weighted by Crippen LogP contribution is -2.77. The Morgan fingerprint density at radius 1 is 0.919 bits per heavy atom. The van der Waals surface area contributed by atoms with Crippen LogP contribution in [0.3, 0.4) is 0 Å². The van der Waals surface area contributed by atoms with Crippen molar-refractivity contribution in [3.63, 3.8) is 0 Å². The van der Waals surface area contributed by atoms with Crippen molar-refractivity contribution in [2.75, 3.05) is 39.3 Å². The standard InChI is InChI=1S/C25H46F3N7O2/c1-16-13-21(30-20-6-4-3-5-19(16)20)34-9-11-35(12-10-34)23-31-22(29-14-18-8-7-17(2)37-18)32-24(33-23)36-15-25(26,27)28/h16-24,29-33H,3-15H2,1-2H3. The molecule has 37 heavy (non-hydrogen) atoms. The van der Waals surface area contributed by atoms with E-state index in [9.17, 15) is 13.2 Å². The van der Waals surface area contributed by atoms with E-state index in [2.05, 4.69) is 50.2 Å². The fourth-order valence-corrected chi connectivity index (χ4v) is 6.94. The molecule has 0 aromatic carbocycles. The Labute approximate surface area is 218 Å². The lowest BCUT2D eigenvalue weighted by atomic mass is 9.72. The number of ether oxygens (including phenoxy) is 2. The van der Waals surface area contributed by atoms with Crippen molar-refractivity contribution in [1.29, 1.82) is 0 Å². The van der Waals surface area contributed by atoms with E-state index >= 15 is 0 Å². The van der Waals surface area contributed by atoms with Crippen LogP contribution in [0.15, 0.2) is 0 Å². The summed E-state index contributed by atoms with van der Waals surface area (Å²) in [6.07, 6.45) is 3.29. The zero-order valence-corrected chi connectivity index (χ0v) is 22.2. The fourth-order valence-electron chi connectivity index (χ4n) is 6.94. The van der Waals surface area contributed by atoms with E-state index < -0.39 is 25.4 Å². The second-order valence-corrected chi connectivity index (χ2v) is 11.7. The van der Waals surface area contributed by atoms with Crippen LogP contribution in [-0.4, -0.2) is 98.7 Å². The highest BCUT2D eigenvalue weighted by Crippen LogP contribution is 2.37. The summed E-state index contributed by atoms with van der Waals surface area (Å²) in [5.74, 6) is 1.55. The van der Waals surface area contributed by atoms with Gasteiger partial charge in [-0.25, -0.2) is 0 Å². The van der Waals surface area contributed by atoms with Crippen molar-refractivity contribution in [3.8, 4) is 0 Å². The number of nitrogens with zero attached hydrogens (tertiary/aromatic N) is 2. The van der Waals surface area contributed by atoms with Crippen LogP contribution in [-0.2, 0) is 9.47 Å². The van der Waals surface area contributed by atoms with Gasteiger partial charge in [0.1, 0.15) is 19.2 Å². The van der Waals surface area contributed by atoms with Gasteiger partial charge >= 0.3 is 6.18 Å². The Bertz CT molecular complexity index is 727. The molecule has 0 aromatic rings. The molecule has 5 rings (SSSR count). The molecule has 0 aromatic heterocycles. The molecular formula is C25H46F3N7O2. The van der Waals surface area contributed by atoms with Gasteiger partial charge in [0, 0.05) is 38.8 Å². The highest BCUT2D eigenvalue weighted by molar-refractivity contribution is 4.94. The van der Waals surface area contributed by atoms with Gasteiger partial charge in [0.25, 0.3) is 0 Å². The smallest absolute Gasteiger partial charge is 0.374 e. The SMILES string of the molecule is CC1CCC(CNC2NC(OCC(F)(F)F)NC(N3CCN(C4CC(C)C5CCCCC5N4)CC3)N2)O1. The van der Waals surface area contributed by atoms with Crippen LogP contribution in [0.4, 0.5) is 13.2 Å². The largest absolute Gasteiger partial charge is 0.411 e. The van der Waals surface area contributed by atoms with Crippen LogP contribution in [0.1, 0.15) is 58.8 Å². The third-order valence-corrected chi connectivity index (χ3v) is 8.94. The van der Waals surface area contributed by atoms with Crippen LogP contribution in [0.2, 0.25) is 0 Å². The minimum atomic E-state index is -4.38. The number of hydrogen-bond donors (Lipinski definition) is 5. The fraction of sp³-hybridized carbons (Fsp3) is 1.00. The molecule has 9 unspecified atom stereocenters. The number of alkyl halides is 3. The minimum Gasteiger partial charge on any atom is -0.374 e. The number of halogens is 3. The normalized spacial score (nSPS) is 42.6. The number of fused-ring (bicyclic) bond motifs is 1. The van der Waals surface area contributed by atoms with E-state index in [0.717, 1.165) is 50.9 Å². The third kappa shape index (κ3) is 7.55. The molecular weight excluding hydrogens is 487 g/mol. The molecule has 9 atom stereocenters. The number of hydrogen-bond acceptors (Lipinski definition) is 9. The first-order chi connectivity index (χ1) is 17.7. The van der Waals surface area contributed by atoms with E-state index in [1.807, 2.05) is 0 Å². The lowest BCUT2D eigenvalue weighted by Gasteiger charge is -2.51. The van der Waals surface area contributed by atoms with Gasteiger partial charge in [-0.1, -0.05) is 19.8 Å². The van der Waals surface area contributed by atoms with Crippen LogP contribution in [0.25, 0.3) is 0 Å². The Balaban J connectivity index is 1.14. The first kappa shape index (κ1) is 28.0. The maximum atomic E-state index is 12.8. The van der Waals surface area contributed by atoms with Gasteiger partial charge in [0.15, 0.2) is 6.35 Å². The zero-order chi connectivity index (χ0) is 26.0. The summed E-state index contributed by atoms with van der Waals surface area (Å²) >= 11 is 0. The van der Waals surface area contributed by atoms with Gasteiger partial charge in [0.05, 0.1) is 18.4 Å². The lowest BCUT2D eigenvalue weighted by molar-refractivity contribution is -0.202. The van der Waals surface area contributed by atoms with E-state index in [-0.39, 0.29) is 18.5 Å². The molecule has 214 valence electrons. The van der Waals surface area contributed by atoms with Gasteiger partial charge < -0.3 is 9.47 Å². The molecule has 12 heteroatoms. The van der Waals surface area contributed by atoms with Gasteiger partial charge in [0.2, 0.25) is 0 Å². The first-order valence-corrected chi connectivity index (χ1v) is 14.3. The molecule has 5 N–H and O–H groups in total. The van der Waals surface area contributed by atoms with Crippen molar-refractivity contribution in [1.82, 2.24) is 36.4 Å². The predicted molar refractivity (Wildman–Crippen MR) is 134 cm³/mol. The number of rotatable bonds is 7. The molecule has 4 saturated heterocycles. The average molecular weight is 534 g/mol. The molecule has 5 fully saturated rings. The zero-order valence-electron chi connectivity index (χ0n) is 22.2. The molecule has 1 saturated carbocycles. The van der Waals surface area contributed by atoms with Crippen molar-refractivity contribution in [3.05, 3.63) is 0 Å². The summed E-state index contributed by atoms with van der Waals surface area (Å²) in [5.41, 5.74) is 0. The quantitative estimate of drug-likeness (QED) is 0.334. The maximum absolute atomic E-state index is 12.8. The number of piperazine rings is 1. The van der Waals surface area contributed by atoms with Gasteiger partial charge in [-0.05, 0) is 50.9 Å². The molecule has 0 radical (unpaired) electrons. The molecule has 0 amide bonds. The molecule has 9 nitrogen and oxygen atoms in total. The molecule has 4 aliphatic heterocycles. The molecule has 4 heterocycles. The second kappa shape index (κ2) is 12.3. The molecule has 1 aliphatic carbocycles. The summed E-state index contributed by atoms with van der Waals surface area (Å²) in [7, 11) is 0. The van der Waals surface area contributed by atoms with Gasteiger partial charge in [-0.3, -0.25) is 36.4 Å². The van der Waals surface area contributed by atoms with Crippen LogP contribution in [0.5, 0.6) is 0 Å². The monoisotopic (exact) mass is 533 g/mol.